The monoisotopic (exact) mass is 440 g/mol. The number of nitrogens with zero attached hydrogens (tertiary/aromatic N) is 1. The van der Waals surface area contributed by atoms with Crippen LogP contribution in [0.2, 0.25) is 0 Å². The summed E-state index contributed by atoms with van der Waals surface area (Å²) in [6, 6.07) is 6.37. The van der Waals surface area contributed by atoms with E-state index in [0.29, 0.717) is 0 Å². The maximum Gasteiger partial charge on any atom is 0.321 e. The molecule has 0 aromatic heterocycles. The molecule has 3 nitrogen and oxygen atoms in total. The second-order valence-electron chi connectivity index (χ2n) is 10.7. The number of carbonyl (C=O) groups is 1. The fourth-order valence-electron chi connectivity index (χ4n) is 5.89. The predicted octanol–water partition coefficient (Wildman–Crippen LogP) is 8.64. The Labute approximate surface area is 197 Å². The number of rotatable bonds is 11. The second-order valence-corrected chi connectivity index (χ2v) is 10.7. The fraction of sp³-hybridized carbons (Fsp3) is 0.759. The molecule has 2 saturated carbocycles. The number of urea groups is 1. The predicted molar refractivity (Wildman–Crippen MR) is 137 cm³/mol. The maximum atomic E-state index is 13.2. The van der Waals surface area contributed by atoms with E-state index in [4.69, 9.17) is 0 Å². The van der Waals surface area contributed by atoms with Gasteiger partial charge in [-0.2, -0.15) is 0 Å². The van der Waals surface area contributed by atoms with Crippen LogP contribution < -0.4 is 5.32 Å². The molecule has 2 fully saturated rings. The Morgan fingerprint density at radius 3 is 1.84 bits per heavy atom. The molecule has 0 aliphatic heterocycles. The van der Waals surface area contributed by atoms with Gasteiger partial charge < -0.3 is 10.2 Å². The number of benzene rings is 1. The Morgan fingerprint density at radius 2 is 1.34 bits per heavy atom. The SMILES string of the molecule is Cc1ccc(NC(=O)N(CCCCC2CCCCC2)CCCCC2CCCCC2)c(C)c1. The molecule has 32 heavy (non-hydrogen) atoms. The minimum Gasteiger partial charge on any atom is -0.325 e. The lowest BCUT2D eigenvalue weighted by atomic mass is 9.85. The number of carbonyl (C=O) groups excluding carboxylic acids is 1. The molecule has 1 N–H and O–H groups in total. The van der Waals surface area contributed by atoms with Gasteiger partial charge in [0.25, 0.3) is 0 Å². The highest BCUT2D eigenvalue weighted by atomic mass is 16.2. The average molecular weight is 441 g/mol. The molecule has 0 atom stereocenters. The zero-order chi connectivity index (χ0) is 22.6. The zero-order valence-electron chi connectivity index (χ0n) is 21.0. The third kappa shape index (κ3) is 8.79. The summed E-state index contributed by atoms with van der Waals surface area (Å²) in [4.78, 5) is 15.3. The van der Waals surface area contributed by atoms with Crippen molar-refractivity contribution in [1.82, 2.24) is 4.90 Å². The molecule has 0 saturated heterocycles. The molecule has 2 aliphatic rings. The van der Waals surface area contributed by atoms with Gasteiger partial charge in [-0.25, -0.2) is 4.79 Å². The van der Waals surface area contributed by atoms with Crippen LogP contribution in [0, 0.1) is 25.7 Å². The lowest BCUT2D eigenvalue weighted by molar-refractivity contribution is 0.207. The molecule has 180 valence electrons. The van der Waals surface area contributed by atoms with E-state index in [0.717, 1.165) is 49.0 Å². The van der Waals surface area contributed by atoms with Gasteiger partial charge in [0.2, 0.25) is 0 Å². The van der Waals surface area contributed by atoms with Gasteiger partial charge in [0.1, 0.15) is 0 Å². The van der Waals surface area contributed by atoms with Crippen molar-refractivity contribution < 1.29 is 4.79 Å². The minimum atomic E-state index is 0.0901. The topological polar surface area (TPSA) is 32.3 Å². The average Bonchev–Trinajstić information content (AvgIpc) is 2.81. The van der Waals surface area contributed by atoms with E-state index in [1.807, 2.05) is 6.07 Å². The summed E-state index contributed by atoms with van der Waals surface area (Å²) in [6.45, 7) is 5.98. The third-order valence-corrected chi connectivity index (χ3v) is 7.94. The van der Waals surface area contributed by atoms with Crippen molar-refractivity contribution >= 4 is 11.7 Å². The Kier molecular flexibility index (Phi) is 10.9. The summed E-state index contributed by atoms with van der Waals surface area (Å²) < 4.78 is 0. The minimum absolute atomic E-state index is 0.0901. The molecule has 3 rings (SSSR count). The van der Waals surface area contributed by atoms with Crippen LogP contribution in [-0.2, 0) is 0 Å². The number of amides is 2. The molecular formula is C29H48N2O. The largest absolute Gasteiger partial charge is 0.325 e. The van der Waals surface area contributed by atoms with E-state index in [-0.39, 0.29) is 6.03 Å². The van der Waals surface area contributed by atoms with Crippen molar-refractivity contribution in [3.8, 4) is 0 Å². The Morgan fingerprint density at radius 1 is 0.812 bits per heavy atom. The first-order valence-electron chi connectivity index (χ1n) is 13.7. The lowest BCUT2D eigenvalue weighted by Crippen LogP contribution is -2.36. The van der Waals surface area contributed by atoms with Crippen molar-refractivity contribution in [3.63, 3.8) is 0 Å². The highest BCUT2D eigenvalue weighted by Gasteiger charge is 2.17. The smallest absolute Gasteiger partial charge is 0.321 e. The van der Waals surface area contributed by atoms with Crippen LogP contribution in [0.25, 0.3) is 0 Å². The quantitative estimate of drug-likeness (QED) is 0.343. The first kappa shape index (κ1) is 25.1. The summed E-state index contributed by atoms with van der Waals surface area (Å²) >= 11 is 0. The van der Waals surface area contributed by atoms with Gasteiger partial charge in [0.15, 0.2) is 0 Å². The Balaban J connectivity index is 1.45. The Bertz CT molecular complexity index is 648. The normalized spacial score (nSPS) is 17.9. The van der Waals surface area contributed by atoms with Crippen LogP contribution in [0.1, 0.15) is 114 Å². The van der Waals surface area contributed by atoms with Crippen LogP contribution in [0.5, 0.6) is 0 Å². The van der Waals surface area contributed by atoms with Gasteiger partial charge in [0, 0.05) is 18.8 Å². The standard InChI is InChI=1S/C29H48N2O/c1-24-19-20-28(25(2)23-24)30-29(32)31(21-11-9-17-26-13-5-3-6-14-26)22-12-10-18-27-15-7-4-8-16-27/h19-20,23,26-27H,3-18,21-22H2,1-2H3,(H,30,32). The summed E-state index contributed by atoms with van der Waals surface area (Å²) in [6.07, 6.45) is 21.8. The zero-order valence-corrected chi connectivity index (χ0v) is 21.0. The number of nitrogens with one attached hydrogen (secondary N) is 1. The Hall–Kier alpha value is -1.51. The summed E-state index contributed by atoms with van der Waals surface area (Å²) in [5.74, 6) is 1.88. The van der Waals surface area contributed by atoms with E-state index in [1.165, 1.54) is 95.5 Å². The maximum absolute atomic E-state index is 13.2. The van der Waals surface area contributed by atoms with Crippen LogP contribution in [-0.4, -0.2) is 24.0 Å². The molecule has 0 radical (unpaired) electrons. The molecule has 2 amide bonds. The van der Waals surface area contributed by atoms with Crippen molar-refractivity contribution in [1.29, 1.82) is 0 Å². The van der Waals surface area contributed by atoms with Gasteiger partial charge in [-0.05, 0) is 50.2 Å². The van der Waals surface area contributed by atoms with Crippen LogP contribution in [0.3, 0.4) is 0 Å². The first-order valence-corrected chi connectivity index (χ1v) is 13.7. The highest BCUT2D eigenvalue weighted by molar-refractivity contribution is 5.90. The van der Waals surface area contributed by atoms with Gasteiger partial charge in [-0.1, -0.05) is 108 Å². The van der Waals surface area contributed by atoms with Crippen LogP contribution >= 0.6 is 0 Å². The molecule has 3 heteroatoms. The van der Waals surface area contributed by atoms with Gasteiger partial charge in [-0.3, -0.25) is 0 Å². The van der Waals surface area contributed by atoms with Crippen molar-refractivity contribution in [3.05, 3.63) is 29.3 Å². The van der Waals surface area contributed by atoms with Crippen molar-refractivity contribution in [2.24, 2.45) is 11.8 Å². The van der Waals surface area contributed by atoms with Crippen LogP contribution in [0.15, 0.2) is 18.2 Å². The van der Waals surface area contributed by atoms with E-state index in [9.17, 15) is 4.79 Å². The van der Waals surface area contributed by atoms with E-state index in [2.05, 4.69) is 36.2 Å². The number of unbranched alkanes of at least 4 members (excludes halogenated alkanes) is 2. The highest BCUT2D eigenvalue weighted by Crippen LogP contribution is 2.29. The second kappa shape index (κ2) is 13.9. The molecule has 0 unspecified atom stereocenters. The molecule has 0 bridgehead atoms. The molecule has 1 aromatic carbocycles. The van der Waals surface area contributed by atoms with Crippen molar-refractivity contribution in [2.45, 2.75) is 117 Å². The first-order chi connectivity index (χ1) is 15.6. The number of anilines is 1. The van der Waals surface area contributed by atoms with E-state index in [1.54, 1.807) is 0 Å². The van der Waals surface area contributed by atoms with Crippen LogP contribution in [0.4, 0.5) is 10.5 Å². The number of hydrogen-bond donors (Lipinski definition) is 1. The molecule has 1 aromatic rings. The van der Waals surface area contributed by atoms with Gasteiger partial charge in [0.05, 0.1) is 0 Å². The van der Waals surface area contributed by atoms with E-state index < -0.39 is 0 Å². The molecular weight excluding hydrogens is 392 g/mol. The summed E-state index contributed by atoms with van der Waals surface area (Å²) in [7, 11) is 0. The number of aryl methyl sites for hydroxylation is 2. The summed E-state index contributed by atoms with van der Waals surface area (Å²) in [5.41, 5.74) is 3.34. The summed E-state index contributed by atoms with van der Waals surface area (Å²) in [5, 5.41) is 3.21. The van der Waals surface area contributed by atoms with Gasteiger partial charge >= 0.3 is 6.03 Å². The van der Waals surface area contributed by atoms with Gasteiger partial charge in [-0.15, -0.1) is 0 Å². The van der Waals surface area contributed by atoms with Crippen molar-refractivity contribution in [2.75, 3.05) is 18.4 Å². The third-order valence-electron chi connectivity index (χ3n) is 7.94. The van der Waals surface area contributed by atoms with E-state index >= 15 is 0 Å². The molecule has 2 aliphatic carbocycles. The lowest BCUT2D eigenvalue weighted by Gasteiger charge is -2.26. The molecule has 0 spiro atoms. The number of hydrogen-bond acceptors (Lipinski definition) is 1. The molecule has 0 heterocycles. The fourth-order valence-corrected chi connectivity index (χ4v) is 5.89.